The topological polar surface area (TPSA) is 101 Å². The number of halogens is 2. The molecule has 0 unspecified atom stereocenters. The van der Waals surface area contributed by atoms with Crippen LogP contribution in [0.4, 0.5) is 10.1 Å². The third kappa shape index (κ3) is 4.77. The van der Waals surface area contributed by atoms with Crippen LogP contribution in [0.2, 0.25) is 5.02 Å². The van der Waals surface area contributed by atoms with E-state index < -0.39 is 29.0 Å². The van der Waals surface area contributed by atoms with Gasteiger partial charge in [0.05, 0.1) is 22.6 Å². The molecule has 0 fully saturated rings. The van der Waals surface area contributed by atoms with Crippen LogP contribution in [0.1, 0.15) is 6.92 Å². The summed E-state index contributed by atoms with van der Waals surface area (Å²) in [5, 5.41) is 10.6. The number of carbonyl (C=O) groups is 1. The molecule has 0 saturated heterocycles. The molecule has 25 heavy (non-hydrogen) atoms. The second-order valence-electron chi connectivity index (χ2n) is 4.49. The highest BCUT2D eigenvalue weighted by atomic mass is 35.5. The Balaban J connectivity index is 2.25. The number of esters is 1. The summed E-state index contributed by atoms with van der Waals surface area (Å²) in [6.45, 7) is 1.44. The molecule has 10 heteroatoms. The van der Waals surface area contributed by atoms with Crippen molar-refractivity contribution in [1.82, 2.24) is 4.98 Å². The summed E-state index contributed by atoms with van der Waals surface area (Å²) < 4.78 is 28.9. The minimum absolute atomic E-state index is 0.0367. The van der Waals surface area contributed by atoms with Crippen LogP contribution in [0.25, 0.3) is 0 Å². The molecule has 2 rings (SSSR count). The predicted octanol–water partition coefficient (Wildman–Crippen LogP) is 3.52. The van der Waals surface area contributed by atoms with Crippen molar-refractivity contribution in [3.63, 3.8) is 0 Å². The molecule has 0 bridgehead atoms. The smallest absolute Gasteiger partial charge is 0.344 e. The zero-order chi connectivity index (χ0) is 18.4. The number of benzene rings is 1. The van der Waals surface area contributed by atoms with E-state index in [0.717, 1.165) is 12.1 Å². The monoisotopic (exact) mass is 370 g/mol. The molecule has 1 aromatic carbocycles. The Labute approximate surface area is 146 Å². The summed E-state index contributed by atoms with van der Waals surface area (Å²) in [5.41, 5.74) is -0.794. The lowest BCUT2D eigenvalue weighted by molar-refractivity contribution is -0.387. The van der Waals surface area contributed by atoms with Crippen molar-refractivity contribution in [2.24, 2.45) is 0 Å². The molecule has 2 aromatic rings. The molecule has 0 aliphatic rings. The number of nitro benzene ring substituents is 1. The first kappa shape index (κ1) is 18.4. The van der Waals surface area contributed by atoms with Gasteiger partial charge in [-0.1, -0.05) is 11.6 Å². The zero-order valence-corrected chi connectivity index (χ0v) is 13.7. The van der Waals surface area contributed by atoms with Crippen LogP contribution < -0.4 is 9.47 Å². The van der Waals surface area contributed by atoms with E-state index >= 15 is 0 Å². The standard InChI is InChI=1S/C15H12ClFN2O6/c1-2-23-14(20)8-24-15-12(4-3-5-18-15)25-13-7-11(19(21)22)10(17)6-9(13)16/h3-7H,2,8H2,1H3. The molecule has 0 amide bonds. The SMILES string of the molecule is CCOC(=O)COc1ncccc1Oc1cc([N+](=O)[O-])c(F)cc1Cl. The van der Waals surface area contributed by atoms with Crippen molar-refractivity contribution < 1.29 is 28.3 Å². The Bertz CT molecular complexity index is 802. The Morgan fingerprint density at radius 3 is 2.84 bits per heavy atom. The molecular formula is C15H12ClFN2O6. The van der Waals surface area contributed by atoms with Gasteiger partial charge in [0, 0.05) is 12.3 Å². The third-order valence-electron chi connectivity index (χ3n) is 2.79. The van der Waals surface area contributed by atoms with Gasteiger partial charge in [-0.15, -0.1) is 0 Å². The van der Waals surface area contributed by atoms with Gasteiger partial charge in [0.15, 0.2) is 18.1 Å². The summed E-state index contributed by atoms with van der Waals surface area (Å²) in [6, 6.07) is 4.57. The Hall–Kier alpha value is -2.94. The number of hydrogen-bond acceptors (Lipinski definition) is 7. The third-order valence-corrected chi connectivity index (χ3v) is 3.08. The zero-order valence-electron chi connectivity index (χ0n) is 12.9. The molecule has 0 atom stereocenters. The van der Waals surface area contributed by atoms with Crippen LogP contribution in [0.3, 0.4) is 0 Å². The Morgan fingerprint density at radius 1 is 1.40 bits per heavy atom. The molecule has 0 radical (unpaired) electrons. The molecule has 1 heterocycles. The average molecular weight is 371 g/mol. The number of pyridine rings is 1. The van der Waals surface area contributed by atoms with Crippen molar-refractivity contribution in [3.8, 4) is 17.4 Å². The van der Waals surface area contributed by atoms with Gasteiger partial charge in [0.1, 0.15) is 0 Å². The summed E-state index contributed by atoms with van der Waals surface area (Å²) in [4.78, 5) is 25.2. The summed E-state index contributed by atoms with van der Waals surface area (Å²) in [7, 11) is 0. The van der Waals surface area contributed by atoms with Gasteiger partial charge in [0.2, 0.25) is 5.82 Å². The molecule has 8 nitrogen and oxygen atoms in total. The van der Waals surface area contributed by atoms with Crippen LogP contribution in [-0.2, 0) is 9.53 Å². The van der Waals surface area contributed by atoms with Gasteiger partial charge in [0.25, 0.3) is 5.88 Å². The van der Waals surface area contributed by atoms with Crippen molar-refractivity contribution in [3.05, 3.63) is 51.4 Å². The normalized spacial score (nSPS) is 10.2. The highest BCUT2D eigenvalue weighted by Gasteiger charge is 2.20. The van der Waals surface area contributed by atoms with Crippen LogP contribution >= 0.6 is 11.6 Å². The summed E-state index contributed by atoms with van der Waals surface area (Å²) in [6.07, 6.45) is 1.39. The van der Waals surface area contributed by atoms with Gasteiger partial charge in [-0.2, -0.15) is 4.39 Å². The number of ether oxygens (including phenoxy) is 3. The minimum Gasteiger partial charge on any atom is -0.463 e. The fourth-order valence-electron chi connectivity index (χ4n) is 1.75. The summed E-state index contributed by atoms with van der Waals surface area (Å²) in [5.74, 6) is -1.88. The first-order valence-electron chi connectivity index (χ1n) is 6.97. The van der Waals surface area contributed by atoms with Crippen molar-refractivity contribution in [2.75, 3.05) is 13.2 Å². The molecule has 0 spiro atoms. The van der Waals surface area contributed by atoms with Crippen molar-refractivity contribution >= 4 is 23.3 Å². The number of nitro groups is 1. The van der Waals surface area contributed by atoms with E-state index in [2.05, 4.69) is 4.98 Å². The van der Waals surface area contributed by atoms with Gasteiger partial charge in [-0.25, -0.2) is 9.78 Å². The minimum atomic E-state index is -1.09. The van der Waals surface area contributed by atoms with Gasteiger partial charge < -0.3 is 14.2 Å². The lowest BCUT2D eigenvalue weighted by atomic mass is 10.3. The maximum Gasteiger partial charge on any atom is 0.344 e. The Kier molecular flexibility index (Phi) is 6.07. The molecule has 0 N–H and O–H groups in total. The number of nitrogens with zero attached hydrogens (tertiary/aromatic N) is 2. The maximum atomic E-state index is 13.5. The van der Waals surface area contributed by atoms with E-state index in [1.165, 1.54) is 18.3 Å². The molecular weight excluding hydrogens is 359 g/mol. The predicted molar refractivity (Wildman–Crippen MR) is 84.5 cm³/mol. The van der Waals surface area contributed by atoms with E-state index in [4.69, 9.17) is 25.8 Å². The highest BCUT2D eigenvalue weighted by Crippen LogP contribution is 2.37. The highest BCUT2D eigenvalue weighted by molar-refractivity contribution is 6.32. The second kappa shape index (κ2) is 8.25. The lowest BCUT2D eigenvalue weighted by Crippen LogP contribution is -2.15. The van der Waals surface area contributed by atoms with Gasteiger partial charge >= 0.3 is 11.7 Å². The van der Waals surface area contributed by atoms with E-state index in [0.29, 0.717) is 0 Å². The second-order valence-corrected chi connectivity index (χ2v) is 4.90. The van der Waals surface area contributed by atoms with Gasteiger partial charge in [-0.05, 0) is 19.1 Å². The number of rotatable bonds is 7. The van der Waals surface area contributed by atoms with Gasteiger partial charge in [-0.3, -0.25) is 10.1 Å². The molecule has 0 aliphatic carbocycles. The van der Waals surface area contributed by atoms with E-state index in [9.17, 15) is 19.3 Å². The molecule has 0 saturated carbocycles. The van der Waals surface area contributed by atoms with Crippen molar-refractivity contribution in [1.29, 1.82) is 0 Å². The average Bonchev–Trinajstić information content (AvgIpc) is 2.56. The van der Waals surface area contributed by atoms with Crippen LogP contribution in [0.5, 0.6) is 17.4 Å². The van der Waals surface area contributed by atoms with E-state index in [-0.39, 0.29) is 29.0 Å². The van der Waals surface area contributed by atoms with Crippen molar-refractivity contribution in [2.45, 2.75) is 6.92 Å². The molecule has 132 valence electrons. The number of hydrogen-bond donors (Lipinski definition) is 0. The Morgan fingerprint density at radius 2 is 2.16 bits per heavy atom. The maximum absolute atomic E-state index is 13.5. The number of aromatic nitrogens is 1. The molecule has 0 aliphatic heterocycles. The fraction of sp³-hybridized carbons (Fsp3) is 0.200. The largest absolute Gasteiger partial charge is 0.463 e. The van der Waals surface area contributed by atoms with E-state index in [1.54, 1.807) is 6.92 Å². The van der Waals surface area contributed by atoms with Crippen LogP contribution in [0, 0.1) is 15.9 Å². The van der Waals surface area contributed by atoms with Crippen LogP contribution in [0.15, 0.2) is 30.5 Å². The molecule has 1 aromatic heterocycles. The first-order chi connectivity index (χ1) is 11.9. The quantitative estimate of drug-likeness (QED) is 0.417. The summed E-state index contributed by atoms with van der Waals surface area (Å²) >= 11 is 5.85. The fourth-order valence-corrected chi connectivity index (χ4v) is 1.94. The van der Waals surface area contributed by atoms with Crippen LogP contribution in [-0.4, -0.2) is 29.1 Å². The van der Waals surface area contributed by atoms with E-state index in [1.807, 2.05) is 0 Å². The number of carbonyl (C=O) groups excluding carboxylic acids is 1. The lowest BCUT2D eigenvalue weighted by Gasteiger charge is -2.12. The first-order valence-corrected chi connectivity index (χ1v) is 7.35.